The lowest BCUT2D eigenvalue weighted by Gasteiger charge is -2.20. The van der Waals surface area contributed by atoms with Crippen LogP contribution in [0, 0.1) is 11.3 Å². The molecule has 0 radical (unpaired) electrons. The standard InChI is InChI=1S/C15H18N2/c1-6-12-8-13(11(3)4)9-14(10-16)15(12)17(5)7-2/h6-9,11H,1-2H2,3-5H3. The van der Waals surface area contributed by atoms with Gasteiger partial charge in [-0.2, -0.15) is 5.26 Å². The molecule has 2 nitrogen and oxygen atoms in total. The molecule has 0 atom stereocenters. The van der Waals surface area contributed by atoms with Gasteiger partial charge in [-0.15, -0.1) is 0 Å². The van der Waals surface area contributed by atoms with Crippen LogP contribution in [-0.2, 0) is 0 Å². The molecule has 1 aromatic carbocycles. The van der Waals surface area contributed by atoms with E-state index in [1.54, 1.807) is 12.3 Å². The first-order valence-electron chi connectivity index (χ1n) is 5.61. The van der Waals surface area contributed by atoms with Crippen molar-refractivity contribution in [1.29, 1.82) is 5.26 Å². The molecule has 0 spiro atoms. The van der Waals surface area contributed by atoms with E-state index in [0.717, 1.165) is 16.8 Å². The molecule has 0 saturated carbocycles. The number of benzene rings is 1. The fourth-order valence-corrected chi connectivity index (χ4v) is 1.74. The Hall–Kier alpha value is -2.01. The van der Waals surface area contributed by atoms with Gasteiger partial charge in [-0.05, 0) is 35.4 Å². The lowest BCUT2D eigenvalue weighted by Crippen LogP contribution is -2.11. The van der Waals surface area contributed by atoms with Gasteiger partial charge in [0.05, 0.1) is 11.3 Å². The zero-order valence-electron chi connectivity index (χ0n) is 10.7. The fourth-order valence-electron chi connectivity index (χ4n) is 1.74. The zero-order valence-corrected chi connectivity index (χ0v) is 10.7. The molecule has 0 aliphatic carbocycles. The molecule has 1 rings (SSSR count). The van der Waals surface area contributed by atoms with E-state index < -0.39 is 0 Å². The van der Waals surface area contributed by atoms with E-state index in [9.17, 15) is 5.26 Å². The molecule has 0 aromatic heterocycles. The molecule has 0 fully saturated rings. The van der Waals surface area contributed by atoms with Gasteiger partial charge < -0.3 is 4.90 Å². The SMILES string of the molecule is C=Cc1cc(C(C)C)cc(C#N)c1N(C)C=C. The molecule has 0 bridgehead atoms. The summed E-state index contributed by atoms with van der Waals surface area (Å²) in [6, 6.07) is 6.26. The van der Waals surface area contributed by atoms with Crippen LogP contribution < -0.4 is 4.90 Å². The van der Waals surface area contributed by atoms with Gasteiger partial charge in [-0.3, -0.25) is 0 Å². The van der Waals surface area contributed by atoms with E-state index in [2.05, 4.69) is 39.1 Å². The summed E-state index contributed by atoms with van der Waals surface area (Å²) in [5.41, 5.74) is 3.64. The number of hydrogen-bond donors (Lipinski definition) is 0. The van der Waals surface area contributed by atoms with Gasteiger partial charge in [0.1, 0.15) is 6.07 Å². The van der Waals surface area contributed by atoms with Gasteiger partial charge in [-0.1, -0.05) is 33.1 Å². The summed E-state index contributed by atoms with van der Waals surface area (Å²) >= 11 is 0. The summed E-state index contributed by atoms with van der Waals surface area (Å²) in [5, 5.41) is 9.24. The smallest absolute Gasteiger partial charge is 0.101 e. The third-order valence-electron chi connectivity index (χ3n) is 2.80. The maximum absolute atomic E-state index is 9.24. The van der Waals surface area contributed by atoms with Crippen molar-refractivity contribution in [2.75, 3.05) is 11.9 Å². The molecule has 0 N–H and O–H groups in total. The number of hydrogen-bond acceptors (Lipinski definition) is 2. The quantitative estimate of drug-likeness (QED) is 0.778. The van der Waals surface area contributed by atoms with Crippen LogP contribution in [-0.4, -0.2) is 7.05 Å². The molecule has 0 aliphatic rings. The minimum Gasteiger partial charge on any atom is -0.350 e. The van der Waals surface area contributed by atoms with Crippen molar-refractivity contribution < 1.29 is 0 Å². The van der Waals surface area contributed by atoms with Gasteiger partial charge in [-0.25, -0.2) is 0 Å². The molecule has 0 amide bonds. The second-order valence-electron chi connectivity index (χ2n) is 4.27. The first kappa shape index (κ1) is 13.1. The third-order valence-corrected chi connectivity index (χ3v) is 2.80. The average molecular weight is 226 g/mol. The van der Waals surface area contributed by atoms with Crippen LogP contribution in [0.4, 0.5) is 5.69 Å². The monoisotopic (exact) mass is 226 g/mol. The summed E-state index contributed by atoms with van der Waals surface area (Å²) in [6.45, 7) is 11.8. The molecule has 0 saturated heterocycles. The second-order valence-corrected chi connectivity index (χ2v) is 4.27. The van der Waals surface area contributed by atoms with E-state index in [0.29, 0.717) is 11.5 Å². The first-order valence-corrected chi connectivity index (χ1v) is 5.61. The number of nitriles is 1. The van der Waals surface area contributed by atoms with Crippen LogP contribution >= 0.6 is 0 Å². The third kappa shape index (κ3) is 2.57. The van der Waals surface area contributed by atoms with E-state index in [1.165, 1.54) is 0 Å². The Bertz CT molecular complexity index is 478. The highest BCUT2D eigenvalue weighted by Crippen LogP contribution is 2.30. The van der Waals surface area contributed by atoms with Crippen molar-refractivity contribution in [1.82, 2.24) is 0 Å². The minimum absolute atomic E-state index is 0.392. The van der Waals surface area contributed by atoms with E-state index in [-0.39, 0.29) is 0 Å². The minimum atomic E-state index is 0.392. The Balaban J connectivity index is 3.53. The largest absolute Gasteiger partial charge is 0.350 e. The predicted molar refractivity (Wildman–Crippen MR) is 73.9 cm³/mol. The highest BCUT2D eigenvalue weighted by atomic mass is 15.1. The summed E-state index contributed by atoms with van der Waals surface area (Å²) < 4.78 is 0. The summed E-state index contributed by atoms with van der Waals surface area (Å²) in [5.74, 6) is 0.392. The number of nitrogens with zero attached hydrogens (tertiary/aromatic N) is 2. The van der Waals surface area contributed by atoms with E-state index >= 15 is 0 Å². The van der Waals surface area contributed by atoms with Crippen molar-refractivity contribution >= 4 is 11.8 Å². The maximum Gasteiger partial charge on any atom is 0.101 e. The Morgan fingerprint density at radius 1 is 1.35 bits per heavy atom. The zero-order chi connectivity index (χ0) is 13.0. The van der Waals surface area contributed by atoms with Crippen LogP contribution in [0.25, 0.3) is 6.08 Å². The van der Waals surface area contributed by atoms with Gasteiger partial charge in [0, 0.05) is 7.05 Å². The number of anilines is 1. The van der Waals surface area contributed by atoms with Crippen LogP contribution in [0.3, 0.4) is 0 Å². The fraction of sp³-hybridized carbons (Fsp3) is 0.267. The number of rotatable bonds is 4. The Morgan fingerprint density at radius 3 is 2.41 bits per heavy atom. The Morgan fingerprint density at radius 2 is 2.00 bits per heavy atom. The van der Waals surface area contributed by atoms with Crippen molar-refractivity contribution in [3.8, 4) is 6.07 Å². The Kier molecular flexibility index (Phi) is 4.12. The van der Waals surface area contributed by atoms with Gasteiger partial charge in [0.2, 0.25) is 0 Å². The van der Waals surface area contributed by atoms with Crippen LogP contribution in [0.2, 0.25) is 0 Å². The summed E-state index contributed by atoms with van der Waals surface area (Å²) in [7, 11) is 1.88. The predicted octanol–water partition coefficient (Wildman–Crippen LogP) is 3.90. The van der Waals surface area contributed by atoms with Crippen LogP contribution in [0.1, 0.15) is 36.5 Å². The first-order chi connectivity index (χ1) is 8.04. The van der Waals surface area contributed by atoms with Crippen molar-refractivity contribution in [3.63, 3.8) is 0 Å². The van der Waals surface area contributed by atoms with Crippen molar-refractivity contribution in [2.45, 2.75) is 19.8 Å². The van der Waals surface area contributed by atoms with Crippen molar-refractivity contribution in [2.24, 2.45) is 0 Å². The van der Waals surface area contributed by atoms with Crippen LogP contribution in [0.5, 0.6) is 0 Å². The molecular weight excluding hydrogens is 208 g/mol. The molecule has 0 unspecified atom stereocenters. The van der Waals surface area contributed by atoms with Crippen molar-refractivity contribution in [3.05, 3.63) is 48.2 Å². The maximum atomic E-state index is 9.24. The summed E-state index contributed by atoms with van der Waals surface area (Å²) in [6.07, 6.45) is 3.47. The molecule has 88 valence electrons. The van der Waals surface area contributed by atoms with Crippen LogP contribution in [0.15, 0.2) is 31.5 Å². The van der Waals surface area contributed by atoms with E-state index in [1.807, 2.05) is 18.0 Å². The molecule has 17 heavy (non-hydrogen) atoms. The molecular formula is C15H18N2. The lowest BCUT2D eigenvalue weighted by molar-refractivity contribution is 0.865. The highest BCUT2D eigenvalue weighted by Gasteiger charge is 2.12. The average Bonchev–Trinajstić information content (AvgIpc) is 2.35. The van der Waals surface area contributed by atoms with Gasteiger partial charge >= 0.3 is 0 Å². The topological polar surface area (TPSA) is 27.0 Å². The lowest BCUT2D eigenvalue weighted by atomic mass is 9.96. The molecule has 1 aromatic rings. The molecule has 0 heterocycles. The van der Waals surface area contributed by atoms with Gasteiger partial charge in [0.15, 0.2) is 0 Å². The molecule has 0 aliphatic heterocycles. The Labute approximate surface area is 103 Å². The normalized spacial score (nSPS) is 9.82. The second kappa shape index (κ2) is 5.36. The summed E-state index contributed by atoms with van der Waals surface area (Å²) in [4.78, 5) is 1.85. The van der Waals surface area contributed by atoms with Gasteiger partial charge in [0.25, 0.3) is 0 Å². The molecule has 2 heteroatoms. The van der Waals surface area contributed by atoms with E-state index in [4.69, 9.17) is 0 Å². The highest BCUT2D eigenvalue weighted by molar-refractivity contribution is 5.75.